The van der Waals surface area contributed by atoms with Crippen LogP contribution in [0, 0.1) is 0 Å². The van der Waals surface area contributed by atoms with E-state index >= 15 is 0 Å². The minimum atomic E-state index is -0.00294. The molecular formula is C15H24N4O. The van der Waals surface area contributed by atoms with Crippen LogP contribution in [0.4, 0.5) is 5.69 Å². The first-order valence-electron chi connectivity index (χ1n) is 7.49. The smallest absolute Gasteiger partial charge is 0.268 e. The largest absolute Gasteiger partial charge is 0.397 e. The topological polar surface area (TPSA) is 63.3 Å². The summed E-state index contributed by atoms with van der Waals surface area (Å²) in [6.45, 7) is 0. The number of carbonyl (C=O) groups is 1. The van der Waals surface area contributed by atoms with Crippen LogP contribution in [0.25, 0.3) is 0 Å². The Labute approximate surface area is 120 Å². The number of aromatic nitrogens is 1. The third-order valence-corrected chi connectivity index (χ3v) is 4.93. The van der Waals surface area contributed by atoms with Crippen LogP contribution in [0.3, 0.4) is 0 Å². The van der Waals surface area contributed by atoms with Gasteiger partial charge in [-0.25, -0.2) is 0 Å². The average Bonchev–Trinajstić information content (AvgIpc) is 2.70. The van der Waals surface area contributed by atoms with E-state index in [1.165, 1.54) is 19.3 Å². The zero-order valence-corrected chi connectivity index (χ0v) is 12.3. The molecule has 5 heteroatoms. The minimum Gasteiger partial charge on any atom is -0.397 e. The highest BCUT2D eigenvalue weighted by molar-refractivity contribution is 5.94. The molecule has 3 heterocycles. The van der Waals surface area contributed by atoms with E-state index < -0.39 is 0 Å². The van der Waals surface area contributed by atoms with Gasteiger partial charge in [-0.1, -0.05) is 6.42 Å². The van der Waals surface area contributed by atoms with Gasteiger partial charge in [0.1, 0.15) is 5.69 Å². The van der Waals surface area contributed by atoms with Crippen molar-refractivity contribution in [3.05, 3.63) is 18.0 Å². The summed E-state index contributed by atoms with van der Waals surface area (Å²) in [6, 6.07) is 3.30. The van der Waals surface area contributed by atoms with E-state index in [-0.39, 0.29) is 5.91 Å². The molecule has 2 aliphatic rings. The summed E-state index contributed by atoms with van der Waals surface area (Å²) >= 11 is 0. The predicted molar refractivity (Wildman–Crippen MR) is 79.5 cm³/mol. The second-order valence-corrected chi connectivity index (χ2v) is 6.32. The van der Waals surface area contributed by atoms with Crippen LogP contribution in [-0.2, 0) is 7.05 Å². The van der Waals surface area contributed by atoms with Gasteiger partial charge in [-0.15, -0.1) is 0 Å². The lowest BCUT2D eigenvalue weighted by Crippen LogP contribution is -2.55. The third-order valence-electron chi connectivity index (χ3n) is 4.93. The third kappa shape index (κ3) is 2.42. The molecule has 2 fully saturated rings. The first kappa shape index (κ1) is 13.5. The Kier molecular flexibility index (Phi) is 3.46. The van der Waals surface area contributed by atoms with Gasteiger partial charge < -0.3 is 20.5 Å². The quantitative estimate of drug-likeness (QED) is 0.857. The number of piperidine rings is 2. The van der Waals surface area contributed by atoms with Gasteiger partial charge in [0.15, 0.2) is 0 Å². The number of carbonyl (C=O) groups excluding carboxylic acids is 1. The monoisotopic (exact) mass is 276 g/mol. The molecule has 20 heavy (non-hydrogen) atoms. The van der Waals surface area contributed by atoms with Crippen molar-refractivity contribution in [2.45, 2.75) is 50.2 Å². The summed E-state index contributed by atoms with van der Waals surface area (Å²) in [5.74, 6) is -0.00294. The average molecular weight is 276 g/mol. The molecule has 1 aromatic heterocycles. The molecule has 0 aliphatic carbocycles. The lowest BCUT2D eigenvalue weighted by atomic mass is 9.82. The van der Waals surface area contributed by atoms with Gasteiger partial charge in [-0.2, -0.15) is 0 Å². The summed E-state index contributed by atoms with van der Waals surface area (Å²) in [4.78, 5) is 14.9. The molecule has 0 aromatic carbocycles. The van der Waals surface area contributed by atoms with Gasteiger partial charge in [-0.05, 0) is 38.8 Å². The van der Waals surface area contributed by atoms with E-state index in [0.29, 0.717) is 29.5 Å². The SMILES string of the molecule is CN1C2CCCC1CC(NC(=O)c1cc(N)cn1C)C2. The Bertz CT molecular complexity index is 496. The molecule has 1 aromatic rings. The van der Waals surface area contributed by atoms with Crippen molar-refractivity contribution >= 4 is 11.6 Å². The zero-order valence-electron chi connectivity index (χ0n) is 12.3. The Morgan fingerprint density at radius 1 is 1.30 bits per heavy atom. The Balaban J connectivity index is 1.66. The number of hydrogen-bond acceptors (Lipinski definition) is 3. The highest BCUT2D eigenvalue weighted by atomic mass is 16.2. The molecule has 110 valence electrons. The minimum absolute atomic E-state index is 0.00294. The predicted octanol–water partition coefficient (Wildman–Crippen LogP) is 1.35. The van der Waals surface area contributed by atoms with Gasteiger partial charge in [0.2, 0.25) is 0 Å². The summed E-state index contributed by atoms with van der Waals surface area (Å²) in [5.41, 5.74) is 7.02. The van der Waals surface area contributed by atoms with Crippen molar-refractivity contribution in [1.29, 1.82) is 0 Å². The highest BCUT2D eigenvalue weighted by Gasteiger charge is 2.36. The Hall–Kier alpha value is -1.49. The number of nitrogens with zero attached hydrogens (tertiary/aromatic N) is 2. The molecule has 2 unspecified atom stereocenters. The van der Waals surface area contributed by atoms with E-state index in [1.807, 2.05) is 7.05 Å². The number of nitrogens with two attached hydrogens (primary N) is 1. The Morgan fingerprint density at radius 2 is 1.95 bits per heavy atom. The number of rotatable bonds is 2. The van der Waals surface area contributed by atoms with Gasteiger partial charge in [-0.3, -0.25) is 4.79 Å². The van der Waals surface area contributed by atoms with Gasteiger partial charge in [0.05, 0.1) is 5.69 Å². The van der Waals surface area contributed by atoms with E-state index in [2.05, 4.69) is 17.3 Å². The lowest BCUT2D eigenvalue weighted by Gasteiger charge is -2.47. The molecule has 0 radical (unpaired) electrons. The molecule has 0 spiro atoms. The van der Waals surface area contributed by atoms with E-state index in [9.17, 15) is 4.79 Å². The van der Waals surface area contributed by atoms with Gasteiger partial charge in [0.25, 0.3) is 5.91 Å². The van der Waals surface area contributed by atoms with Crippen molar-refractivity contribution < 1.29 is 4.79 Å². The molecule has 3 N–H and O–H groups in total. The van der Waals surface area contributed by atoms with E-state index in [0.717, 1.165) is 12.8 Å². The van der Waals surface area contributed by atoms with Crippen LogP contribution in [0.5, 0.6) is 0 Å². The van der Waals surface area contributed by atoms with Crippen LogP contribution in [0.2, 0.25) is 0 Å². The number of fused-ring (bicyclic) bond motifs is 2. The maximum Gasteiger partial charge on any atom is 0.268 e. The molecule has 1 amide bonds. The summed E-state index contributed by atoms with van der Waals surface area (Å²) < 4.78 is 1.79. The molecule has 5 nitrogen and oxygen atoms in total. The fraction of sp³-hybridized carbons (Fsp3) is 0.667. The molecule has 2 atom stereocenters. The maximum atomic E-state index is 12.3. The van der Waals surface area contributed by atoms with E-state index in [1.54, 1.807) is 16.8 Å². The molecule has 3 rings (SSSR count). The number of hydrogen-bond donors (Lipinski definition) is 2. The standard InChI is InChI=1S/C15H24N4O/c1-18-9-10(16)6-14(18)15(20)17-11-7-12-4-3-5-13(8-11)19(12)2/h6,9,11-13H,3-5,7-8,16H2,1-2H3,(H,17,20). The zero-order chi connectivity index (χ0) is 14.3. The van der Waals surface area contributed by atoms with Crippen molar-refractivity contribution in [2.75, 3.05) is 12.8 Å². The summed E-state index contributed by atoms with van der Waals surface area (Å²) in [6.07, 6.45) is 7.76. The van der Waals surface area contributed by atoms with Gasteiger partial charge in [0, 0.05) is 31.4 Å². The van der Waals surface area contributed by atoms with Crippen molar-refractivity contribution in [3.63, 3.8) is 0 Å². The van der Waals surface area contributed by atoms with E-state index in [4.69, 9.17) is 5.73 Å². The van der Waals surface area contributed by atoms with Crippen molar-refractivity contribution in [1.82, 2.24) is 14.8 Å². The molecule has 2 bridgehead atoms. The molecular weight excluding hydrogens is 252 g/mol. The highest BCUT2D eigenvalue weighted by Crippen LogP contribution is 2.32. The molecule has 2 saturated heterocycles. The molecule has 2 aliphatic heterocycles. The first-order valence-corrected chi connectivity index (χ1v) is 7.49. The number of aryl methyl sites for hydroxylation is 1. The molecule has 0 saturated carbocycles. The number of nitrogens with one attached hydrogen (secondary N) is 1. The first-order chi connectivity index (χ1) is 9.54. The lowest BCUT2D eigenvalue weighted by molar-refractivity contribution is 0.0461. The van der Waals surface area contributed by atoms with Crippen LogP contribution in [0.1, 0.15) is 42.6 Å². The van der Waals surface area contributed by atoms with Crippen LogP contribution < -0.4 is 11.1 Å². The number of anilines is 1. The number of amides is 1. The van der Waals surface area contributed by atoms with Gasteiger partial charge >= 0.3 is 0 Å². The fourth-order valence-electron chi connectivity index (χ4n) is 3.81. The summed E-state index contributed by atoms with van der Waals surface area (Å²) in [5, 5.41) is 3.20. The van der Waals surface area contributed by atoms with Crippen molar-refractivity contribution in [3.8, 4) is 0 Å². The van der Waals surface area contributed by atoms with Crippen molar-refractivity contribution in [2.24, 2.45) is 7.05 Å². The maximum absolute atomic E-state index is 12.3. The Morgan fingerprint density at radius 3 is 2.50 bits per heavy atom. The second-order valence-electron chi connectivity index (χ2n) is 6.32. The fourth-order valence-corrected chi connectivity index (χ4v) is 3.81. The van der Waals surface area contributed by atoms with Crippen LogP contribution >= 0.6 is 0 Å². The van der Waals surface area contributed by atoms with Crippen LogP contribution in [0.15, 0.2) is 12.3 Å². The second kappa shape index (κ2) is 5.13. The normalized spacial score (nSPS) is 30.2. The number of nitrogen functional groups attached to an aromatic ring is 1. The van der Waals surface area contributed by atoms with Crippen LogP contribution in [-0.4, -0.2) is 40.5 Å². The summed E-state index contributed by atoms with van der Waals surface area (Å²) in [7, 11) is 4.08.